The van der Waals surface area contributed by atoms with Crippen molar-refractivity contribution in [2.75, 3.05) is 20.8 Å². The summed E-state index contributed by atoms with van der Waals surface area (Å²) in [5.41, 5.74) is 5.48. The van der Waals surface area contributed by atoms with Crippen molar-refractivity contribution in [2.24, 2.45) is 5.73 Å². The smallest absolute Gasteiger partial charge is 0.330 e. The number of hydrogen-bond acceptors (Lipinski definition) is 5. The normalized spacial score (nSPS) is 11.2. The standard InChI is InChI=1S/C18H39N.C2H6O4S/c1-2-3-4-5-6-7-8-9-10-11-12-13-14-15-16-17-18-19;1-5-7(3,4)6-2/h2-19H2,1H3;1-2H3. The predicted octanol–water partition coefficient (Wildman–Crippen LogP) is 5.73. The van der Waals surface area contributed by atoms with E-state index < -0.39 is 10.4 Å². The van der Waals surface area contributed by atoms with Crippen LogP contribution in [-0.4, -0.2) is 29.2 Å². The highest BCUT2D eigenvalue weighted by molar-refractivity contribution is 7.81. The first kappa shape index (κ1) is 28.0. The molecule has 0 aromatic heterocycles. The fraction of sp³-hybridized carbons (Fsp3) is 1.00. The second-order valence-corrected chi connectivity index (χ2v) is 8.32. The van der Waals surface area contributed by atoms with Crippen LogP contribution >= 0.6 is 0 Å². The van der Waals surface area contributed by atoms with Crippen molar-refractivity contribution in [3.63, 3.8) is 0 Å². The van der Waals surface area contributed by atoms with Crippen molar-refractivity contribution in [3.8, 4) is 0 Å². The summed E-state index contributed by atoms with van der Waals surface area (Å²) in [6.07, 6.45) is 22.9. The van der Waals surface area contributed by atoms with Crippen molar-refractivity contribution in [2.45, 2.75) is 110 Å². The molecule has 0 radical (unpaired) electrons. The quantitative estimate of drug-likeness (QED) is 0.300. The van der Waals surface area contributed by atoms with Gasteiger partial charge in [0.1, 0.15) is 0 Å². The zero-order valence-corrected chi connectivity index (χ0v) is 18.5. The first-order valence-corrected chi connectivity index (χ1v) is 11.9. The summed E-state index contributed by atoms with van der Waals surface area (Å²) in [4.78, 5) is 0. The molecule has 0 unspecified atom stereocenters. The molecule has 0 atom stereocenters. The summed E-state index contributed by atoms with van der Waals surface area (Å²) in [6.45, 7) is 3.16. The lowest BCUT2D eigenvalue weighted by Crippen LogP contribution is -2.02. The van der Waals surface area contributed by atoms with Crippen molar-refractivity contribution < 1.29 is 16.8 Å². The monoisotopic (exact) mass is 395 g/mol. The van der Waals surface area contributed by atoms with Crippen LogP contribution in [0.1, 0.15) is 110 Å². The average Bonchev–Trinajstić information content (AvgIpc) is 2.65. The molecule has 0 heterocycles. The van der Waals surface area contributed by atoms with Crippen LogP contribution in [-0.2, 0) is 18.8 Å². The van der Waals surface area contributed by atoms with Crippen LogP contribution in [0.15, 0.2) is 0 Å². The van der Waals surface area contributed by atoms with E-state index in [1.807, 2.05) is 0 Å². The molecule has 0 rings (SSSR count). The molecule has 160 valence electrons. The van der Waals surface area contributed by atoms with E-state index in [1.165, 1.54) is 103 Å². The maximum Gasteiger partial charge on any atom is 0.399 e. The first-order chi connectivity index (χ1) is 12.5. The summed E-state index contributed by atoms with van der Waals surface area (Å²) in [6, 6.07) is 0. The summed E-state index contributed by atoms with van der Waals surface area (Å²) in [7, 11) is -1.60. The topological polar surface area (TPSA) is 78.6 Å². The highest BCUT2D eigenvalue weighted by Gasteiger charge is 2.01. The molecule has 0 aliphatic rings. The Morgan fingerprint density at radius 2 is 0.846 bits per heavy atom. The zero-order chi connectivity index (χ0) is 19.9. The zero-order valence-electron chi connectivity index (χ0n) is 17.6. The lowest BCUT2D eigenvalue weighted by molar-refractivity contribution is 0.286. The Balaban J connectivity index is 0. The second kappa shape index (κ2) is 22.9. The van der Waals surface area contributed by atoms with Gasteiger partial charge < -0.3 is 5.73 Å². The highest BCUT2D eigenvalue weighted by atomic mass is 32.3. The number of hydrogen-bond donors (Lipinski definition) is 1. The van der Waals surface area contributed by atoms with Gasteiger partial charge in [0.05, 0.1) is 14.2 Å². The number of nitrogens with two attached hydrogens (primary N) is 1. The third-order valence-electron chi connectivity index (χ3n) is 4.47. The molecule has 26 heavy (non-hydrogen) atoms. The van der Waals surface area contributed by atoms with Crippen molar-refractivity contribution >= 4 is 10.4 Å². The van der Waals surface area contributed by atoms with Crippen molar-refractivity contribution in [1.82, 2.24) is 0 Å². The summed E-state index contributed by atoms with van der Waals surface area (Å²) in [5, 5.41) is 0. The Labute approximate surface area is 163 Å². The number of rotatable bonds is 18. The summed E-state index contributed by atoms with van der Waals surface area (Å²) >= 11 is 0. The molecule has 6 heteroatoms. The molecule has 0 aromatic rings. The van der Waals surface area contributed by atoms with E-state index in [9.17, 15) is 8.42 Å². The van der Waals surface area contributed by atoms with Crippen molar-refractivity contribution in [1.29, 1.82) is 0 Å². The van der Waals surface area contributed by atoms with E-state index in [-0.39, 0.29) is 0 Å². The summed E-state index contributed by atoms with van der Waals surface area (Å²) < 4.78 is 27.5. The van der Waals surface area contributed by atoms with E-state index in [1.54, 1.807) is 0 Å². The molecule has 2 N–H and O–H groups in total. The van der Waals surface area contributed by atoms with Crippen molar-refractivity contribution in [3.05, 3.63) is 0 Å². The molecule has 0 aliphatic heterocycles. The molecular formula is C20H45NO4S. The molecule has 0 saturated heterocycles. The van der Waals surface area contributed by atoms with Crippen LogP contribution in [0.2, 0.25) is 0 Å². The Bertz CT molecular complexity index is 322. The Morgan fingerprint density at radius 1 is 0.577 bits per heavy atom. The third-order valence-corrected chi connectivity index (χ3v) is 5.28. The molecule has 0 bridgehead atoms. The minimum atomic E-state index is -3.66. The van der Waals surface area contributed by atoms with Gasteiger partial charge in [-0.2, -0.15) is 8.42 Å². The lowest BCUT2D eigenvalue weighted by atomic mass is 10.0. The lowest BCUT2D eigenvalue weighted by Gasteiger charge is -2.03. The van der Waals surface area contributed by atoms with Gasteiger partial charge in [0.25, 0.3) is 0 Å². The minimum absolute atomic E-state index is 0.873. The maximum absolute atomic E-state index is 9.92. The predicted molar refractivity (Wildman–Crippen MR) is 112 cm³/mol. The maximum atomic E-state index is 9.92. The van der Waals surface area contributed by atoms with Gasteiger partial charge in [-0.3, -0.25) is 8.37 Å². The van der Waals surface area contributed by atoms with Gasteiger partial charge >= 0.3 is 10.4 Å². The van der Waals surface area contributed by atoms with Gasteiger partial charge in [-0.25, -0.2) is 0 Å². The Kier molecular flexibility index (Phi) is 24.7. The van der Waals surface area contributed by atoms with E-state index >= 15 is 0 Å². The largest absolute Gasteiger partial charge is 0.399 e. The van der Waals surface area contributed by atoms with Gasteiger partial charge in [0.15, 0.2) is 0 Å². The van der Waals surface area contributed by atoms with Crippen LogP contribution in [0.4, 0.5) is 0 Å². The first-order valence-electron chi connectivity index (χ1n) is 10.6. The van der Waals surface area contributed by atoms with E-state index in [0.29, 0.717) is 0 Å². The Hall–Kier alpha value is -0.170. The van der Waals surface area contributed by atoms with Crippen LogP contribution in [0.5, 0.6) is 0 Å². The van der Waals surface area contributed by atoms with Crippen LogP contribution < -0.4 is 5.73 Å². The molecule has 0 amide bonds. The van der Waals surface area contributed by atoms with Gasteiger partial charge in [-0.1, -0.05) is 103 Å². The molecule has 0 spiro atoms. The van der Waals surface area contributed by atoms with E-state index in [2.05, 4.69) is 15.3 Å². The van der Waals surface area contributed by atoms with E-state index in [0.717, 1.165) is 20.8 Å². The highest BCUT2D eigenvalue weighted by Crippen LogP contribution is 2.13. The summed E-state index contributed by atoms with van der Waals surface area (Å²) in [5.74, 6) is 0. The van der Waals surface area contributed by atoms with E-state index in [4.69, 9.17) is 5.73 Å². The minimum Gasteiger partial charge on any atom is -0.330 e. The van der Waals surface area contributed by atoms with Crippen LogP contribution in [0.25, 0.3) is 0 Å². The number of unbranched alkanes of at least 4 members (excludes halogenated alkanes) is 15. The molecule has 5 nitrogen and oxygen atoms in total. The fourth-order valence-corrected chi connectivity index (χ4v) is 2.90. The molecule has 0 aliphatic carbocycles. The van der Waals surface area contributed by atoms with Crippen LogP contribution in [0.3, 0.4) is 0 Å². The molecular weight excluding hydrogens is 350 g/mol. The van der Waals surface area contributed by atoms with Gasteiger partial charge in [-0.05, 0) is 13.0 Å². The van der Waals surface area contributed by atoms with Crippen LogP contribution in [0, 0.1) is 0 Å². The average molecular weight is 396 g/mol. The van der Waals surface area contributed by atoms with Gasteiger partial charge in [0.2, 0.25) is 0 Å². The molecule has 0 aromatic carbocycles. The SMILES string of the molecule is CCCCCCCCCCCCCCCCCCN.COS(=O)(=O)OC. The Morgan fingerprint density at radius 3 is 1.04 bits per heavy atom. The van der Waals surface area contributed by atoms with Gasteiger partial charge in [0, 0.05) is 0 Å². The third kappa shape index (κ3) is 26.1. The second-order valence-electron chi connectivity index (χ2n) is 6.83. The fourth-order valence-electron chi connectivity index (χ4n) is 2.76. The van der Waals surface area contributed by atoms with Gasteiger partial charge in [-0.15, -0.1) is 0 Å². The molecule has 0 saturated carbocycles. The molecule has 0 fully saturated rings.